The topological polar surface area (TPSA) is 84.5 Å². The van der Waals surface area contributed by atoms with Crippen LogP contribution >= 0.6 is 0 Å². The van der Waals surface area contributed by atoms with Gasteiger partial charge in [-0.05, 0) is 29.3 Å². The van der Waals surface area contributed by atoms with E-state index >= 15 is 0 Å². The lowest BCUT2D eigenvalue weighted by molar-refractivity contribution is -0.114. The first-order valence-corrected chi connectivity index (χ1v) is 10.5. The maximum absolute atomic E-state index is 13.2. The normalized spacial score (nSPS) is 11.3. The Balaban J connectivity index is 2.00. The number of hydrogen-bond donors (Lipinski definition) is 2. The average molecular weight is 410 g/mol. The third-order valence-electron chi connectivity index (χ3n) is 4.33. The standard InChI is InChI=1S/C22H22N2O4S/c1-16(25)23-20-15-19(13-14-21(20)28-2)29(26,27)24-22(17-9-5-3-6-10-17)18-11-7-4-8-12-18/h3-15,22,24H,1-2H3,(H,23,25). The molecule has 0 aromatic heterocycles. The molecule has 150 valence electrons. The van der Waals surface area contributed by atoms with Gasteiger partial charge in [0, 0.05) is 6.92 Å². The van der Waals surface area contributed by atoms with Crippen LogP contribution in [-0.2, 0) is 14.8 Å². The monoisotopic (exact) mass is 410 g/mol. The Morgan fingerprint density at radius 3 is 1.93 bits per heavy atom. The maximum atomic E-state index is 13.2. The summed E-state index contributed by atoms with van der Waals surface area (Å²) in [4.78, 5) is 11.5. The summed E-state index contributed by atoms with van der Waals surface area (Å²) in [5.74, 6) is 0.0547. The maximum Gasteiger partial charge on any atom is 0.241 e. The van der Waals surface area contributed by atoms with E-state index in [2.05, 4.69) is 10.0 Å². The molecule has 2 N–H and O–H groups in total. The van der Waals surface area contributed by atoms with Gasteiger partial charge in [-0.1, -0.05) is 60.7 Å². The Morgan fingerprint density at radius 2 is 1.45 bits per heavy atom. The van der Waals surface area contributed by atoms with Crippen molar-refractivity contribution < 1.29 is 17.9 Å². The molecule has 3 aromatic carbocycles. The highest BCUT2D eigenvalue weighted by Gasteiger charge is 2.24. The summed E-state index contributed by atoms with van der Waals surface area (Å²) in [5.41, 5.74) is 1.93. The van der Waals surface area contributed by atoms with Gasteiger partial charge in [-0.25, -0.2) is 8.42 Å². The van der Waals surface area contributed by atoms with Gasteiger partial charge in [0.25, 0.3) is 0 Å². The van der Waals surface area contributed by atoms with Crippen LogP contribution in [0.1, 0.15) is 24.1 Å². The third kappa shape index (κ3) is 5.01. The molecule has 1 amide bonds. The second kappa shape index (κ2) is 8.89. The van der Waals surface area contributed by atoms with Crippen LogP contribution in [0.15, 0.2) is 83.8 Å². The highest BCUT2D eigenvalue weighted by atomic mass is 32.2. The molecule has 0 fully saturated rings. The second-order valence-electron chi connectivity index (χ2n) is 6.42. The van der Waals surface area contributed by atoms with E-state index in [9.17, 15) is 13.2 Å². The Kier molecular flexibility index (Phi) is 6.31. The molecule has 3 aromatic rings. The molecular weight excluding hydrogens is 388 g/mol. The fourth-order valence-electron chi connectivity index (χ4n) is 2.98. The van der Waals surface area contributed by atoms with E-state index in [0.717, 1.165) is 11.1 Å². The minimum absolute atomic E-state index is 0.0268. The minimum atomic E-state index is -3.90. The van der Waals surface area contributed by atoms with Crippen LogP contribution < -0.4 is 14.8 Å². The number of carbonyl (C=O) groups excluding carboxylic acids is 1. The van der Waals surface area contributed by atoms with E-state index < -0.39 is 16.1 Å². The van der Waals surface area contributed by atoms with Crippen LogP contribution in [0.5, 0.6) is 5.75 Å². The number of carbonyl (C=O) groups is 1. The van der Waals surface area contributed by atoms with Gasteiger partial charge >= 0.3 is 0 Å². The van der Waals surface area contributed by atoms with Crippen LogP contribution in [0.25, 0.3) is 0 Å². The first-order valence-electron chi connectivity index (χ1n) is 8.98. The fourth-order valence-corrected chi connectivity index (χ4v) is 4.22. The predicted molar refractivity (Wildman–Crippen MR) is 112 cm³/mol. The van der Waals surface area contributed by atoms with E-state index in [4.69, 9.17) is 4.74 Å². The number of nitrogens with one attached hydrogen (secondary N) is 2. The highest BCUT2D eigenvalue weighted by molar-refractivity contribution is 7.89. The molecule has 0 heterocycles. The minimum Gasteiger partial charge on any atom is -0.495 e. The molecule has 0 aliphatic rings. The van der Waals surface area contributed by atoms with Crippen molar-refractivity contribution in [3.05, 3.63) is 90.0 Å². The van der Waals surface area contributed by atoms with Crippen molar-refractivity contribution in [3.63, 3.8) is 0 Å². The summed E-state index contributed by atoms with van der Waals surface area (Å²) >= 11 is 0. The van der Waals surface area contributed by atoms with E-state index in [0.29, 0.717) is 11.4 Å². The number of methoxy groups -OCH3 is 1. The Labute approximate surface area is 170 Å². The van der Waals surface area contributed by atoms with Gasteiger partial charge in [0.1, 0.15) is 5.75 Å². The summed E-state index contributed by atoms with van der Waals surface area (Å²) in [6.07, 6.45) is 0. The van der Waals surface area contributed by atoms with E-state index in [1.54, 1.807) is 0 Å². The fraction of sp³-hybridized carbons (Fsp3) is 0.136. The number of amides is 1. The van der Waals surface area contributed by atoms with Crippen molar-refractivity contribution in [2.45, 2.75) is 17.9 Å². The molecule has 0 spiro atoms. The van der Waals surface area contributed by atoms with Crippen molar-refractivity contribution in [1.82, 2.24) is 4.72 Å². The van der Waals surface area contributed by atoms with Crippen LogP contribution in [0, 0.1) is 0 Å². The number of benzene rings is 3. The van der Waals surface area contributed by atoms with Gasteiger partial charge in [0.05, 0.1) is 23.7 Å². The van der Waals surface area contributed by atoms with E-state index in [-0.39, 0.29) is 10.8 Å². The van der Waals surface area contributed by atoms with Crippen molar-refractivity contribution in [2.24, 2.45) is 0 Å². The lowest BCUT2D eigenvalue weighted by Crippen LogP contribution is -2.29. The number of hydrogen-bond acceptors (Lipinski definition) is 4. The molecule has 0 aliphatic carbocycles. The van der Waals surface area contributed by atoms with Crippen LogP contribution in [0.3, 0.4) is 0 Å². The predicted octanol–water partition coefficient (Wildman–Crippen LogP) is 3.72. The molecule has 0 aliphatic heterocycles. The average Bonchev–Trinajstić information content (AvgIpc) is 2.73. The Hall–Kier alpha value is -3.16. The van der Waals surface area contributed by atoms with E-state index in [1.807, 2.05) is 60.7 Å². The zero-order valence-corrected chi connectivity index (χ0v) is 16.9. The molecule has 3 rings (SSSR count). The molecule has 6 nitrogen and oxygen atoms in total. The Morgan fingerprint density at radius 1 is 0.897 bits per heavy atom. The summed E-state index contributed by atoms with van der Waals surface area (Å²) in [5, 5.41) is 2.60. The molecule has 0 saturated carbocycles. The van der Waals surface area contributed by atoms with Crippen LogP contribution in [0.2, 0.25) is 0 Å². The van der Waals surface area contributed by atoms with Gasteiger partial charge in [0.2, 0.25) is 15.9 Å². The zero-order chi connectivity index (χ0) is 20.9. The number of sulfonamides is 1. The quantitative estimate of drug-likeness (QED) is 0.622. The van der Waals surface area contributed by atoms with Crippen LogP contribution in [0.4, 0.5) is 5.69 Å². The van der Waals surface area contributed by atoms with Gasteiger partial charge < -0.3 is 10.1 Å². The first-order chi connectivity index (χ1) is 13.9. The van der Waals surface area contributed by atoms with Crippen molar-refractivity contribution in [2.75, 3.05) is 12.4 Å². The second-order valence-corrected chi connectivity index (χ2v) is 8.13. The molecule has 0 unspecified atom stereocenters. The largest absolute Gasteiger partial charge is 0.495 e. The molecule has 0 bridgehead atoms. The van der Waals surface area contributed by atoms with E-state index in [1.165, 1.54) is 32.2 Å². The van der Waals surface area contributed by atoms with Gasteiger partial charge in [0.15, 0.2) is 0 Å². The summed E-state index contributed by atoms with van der Waals surface area (Å²) in [6, 6.07) is 22.5. The van der Waals surface area contributed by atoms with Crippen molar-refractivity contribution in [1.29, 1.82) is 0 Å². The third-order valence-corrected chi connectivity index (χ3v) is 5.75. The first kappa shape index (κ1) is 20.6. The van der Waals surface area contributed by atoms with Gasteiger partial charge in [-0.15, -0.1) is 0 Å². The van der Waals surface area contributed by atoms with Gasteiger partial charge in [-0.3, -0.25) is 4.79 Å². The molecule has 0 saturated heterocycles. The molecular formula is C22H22N2O4S. The van der Waals surface area contributed by atoms with Gasteiger partial charge in [-0.2, -0.15) is 4.72 Å². The molecule has 29 heavy (non-hydrogen) atoms. The number of rotatable bonds is 7. The molecule has 7 heteroatoms. The number of anilines is 1. The zero-order valence-electron chi connectivity index (χ0n) is 16.1. The summed E-state index contributed by atoms with van der Waals surface area (Å²) in [7, 11) is -2.44. The SMILES string of the molecule is COc1ccc(S(=O)(=O)NC(c2ccccc2)c2ccccc2)cc1NC(C)=O. The molecule has 0 radical (unpaired) electrons. The van der Waals surface area contributed by atoms with Crippen molar-refractivity contribution in [3.8, 4) is 5.75 Å². The van der Waals surface area contributed by atoms with Crippen molar-refractivity contribution >= 4 is 21.6 Å². The lowest BCUT2D eigenvalue weighted by Gasteiger charge is -2.20. The number of ether oxygens (including phenoxy) is 1. The summed E-state index contributed by atoms with van der Waals surface area (Å²) in [6.45, 7) is 1.35. The lowest BCUT2D eigenvalue weighted by atomic mass is 10.00. The van der Waals surface area contributed by atoms with Crippen LogP contribution in [-0.4, -0.2) is 21.4 Å². The smallest absolute Gasteiger partial charge is 0.241 e. The molecule has 0 atom stereocenters. The summed E-state index contributed by atoms with van der Waals surface area (Å²) < 4.78 is 34.3. The Bertz CT molecular complexity index is 1040. The highest BCUT2D eigenvalue weighted by Crippen LogP contribution is 2.29.